The highest BCUT2D eigenvalue weighted by Crippen LogP contribution is 2.44. The Morgan fingerprint density at radius 1 is 0.206 bits per heavy atom. The molecule has 0 aliphatic rings. The summed E-state index contributed by atoms with van der Waals surface area (Å²) >= 11 is 0. The van der Waals surface area contributed by atoms with E-state index in [0.29, 0.717) is 0 Å². The normalized spacial score (nSPS) is 11.2. The maximum absolute atomic E-state index is 2.42. The van der Waals surface area contributed by atoms with Crippen LogP contribution in [0, 0.1) is 0 Å². The first-order valence-corrected chi connectivity index (χ1v) is 21.7. The Bertz CT molecular complexity index is 3350. The van der Waals surface area contributed by atoms with Crippen molar-refractivity contribution < 1.29 is 0 Å². The van der Waals surface area contributed by atoms with Gasteiger partial charge in [-0.15, -0.1) is 0 Å². The summed E-state index contributed by atoms with van der Waals surface area (Å²) in [5.74, 6) is 0. The molecule has 0 saturated carbocycles. The van der Waals surface area contributed by atoms with Crippen molar-refractivity contribution in [3.05, 3.63) is 261 Å². The molecule has 0 saturated heterocycles. The molecule has 0 bridgehead atoms. The summed E-state index contributed by atoms with van der Waals surface area (Å²) in [5.41, 5.74) is 17.6. The molecule has 0 atom stereocenters. The first kappa shape index (κ1) is 37.7. The number of anilines is 3. The number of para-hydroxylation sites is 1. The lowest BCUT2D eigenvalue weighted by Gasteiger charge is -2.28. The summed E-state index contributed by atoms with van der Waals surface area (Å²) in [6.45, 7) is 0. The van der Waals surface area contributed by atoms with Gasteiger partial charge in [0.1, 0.15) is 0 Å². The second kappa shape index (κ2) is 16.7. The fraction of sp³-hybridized carbons (Fsp3) is 0. The molecule has 0 radical (unpaired) electrons. The van der Waals surface area contributed by atoms with Crippen molar-refractivity contribution in [2.24, 2.45) is 0 Å². The topological polar surface area (TPSA) is 3.24 Å². The van der Waals surface area contributed by atoms with E-state index in [9.17, 15) is 0 Å². The van der Waals surface area contributed by atoms with Gasteiger partial charge < -0.3 is 4.90 Å². The number of fused-ring (bicyclic) bond motifs is 3. The minimum absolute atomic E-state index is 1.08. The van der Waals surface area contributed by atoms with Gasteiger partial charge in [0.2, 0.25) is 0 Å². The minimum atomic E-state index is 1.08. The van der Waals surface area contributed by atoms with Crippen LogP contribution in [0.4, 0.5) is 17.1 Å². The molecule has 0 aliphatic carbocycles. The number of nitrogens with zero attached hydrogens (tertiary/aromatic N) is 1. The van der Waals surface area contributed by atoms with Gasteiger partial charge >= 0.3 is 0 Å². The molecule has 0 spiro atoms. The molecule has 0 N–H and O–H groups in total. The summed E-state index contributed by atoms with van der Waals surface area (Å²) in [6, 6.07) is 94.6. The minimum Gasteiger partial charge on any atom is -0.310 e. The van der Waals surface area contributed by atoms with Crippen LogP contribution in [0.3, 0.4) is 0 Å². The number of rotatable bonds is 9. The van der Waals surface area contributed by atoms with Crippen LogP contribution in [0.15, 0.2) is 261 Å². The summed E-state index contributed by atoms with van der Waals surface area (Å²) in [5, 5.41) is 5.06. The lowest BCUT2D eigenvalue weighted by atomic mass is 9.91. The zero-order valence-corrected chi connectivity index (χ0v) is 34.8. The van der Waals surface area contributed by atoms with Gasteiger partial charge in [-0.1, -0.05) is 224 Å². The van der Waals surface area contributed by atoms with Crippen LogP contribution in [0.1, 0.15) is 0 Å². The van der Waals surface area contributed by atoms with Gasteiger partial charge in [0.15, 0.2) is 0 Å². The molecule has 11 aromatic carbocycles. The highest BCUT2D eigenvalue weighted by Gasteiger charge is 2.19. The largest absolute Gasteiger partial charge is 0.310 e. The van der Waals surface area contributed by atoms with Crippen LogP contribution in [-0.2, 0) is 0 Å². The average molecular weight is 802 g/mol. The van der Waals surface area contributed by atoms with Crippen molar-refractivity contribution in [1.29, 1.82) is 0 Å². The molecule has 0 heterocycles. The Labute approximate surface area is 369 Å². The number of hydrogen-bond acceptors (Lipinski definition) is 1. The first-order valence-electron chi connectivity index (χ1n) is 21.7. The Morgan fingerprint density at radius 2 is 0.698 bits per heavy atom. The second-order valence-corrected chi connectivity index (χ2v) is 16.1. The van der Waals surface area contributed by atoms with E-state index >= 15 is 0 Å². The molecule has 0 aliphatic heterocycles. The maximum Gasteiger partial charge on any atom is 0.0540 e. The summed E-state index contributed by atoms with van der Waals surface area (Å²) in [4.78, 5) is 2.42. The molecular formula is C62H43N. The molecule has 0 fully saturated rings. The van der Waals surface area contributed by atoms with Crippen LogP contribution < -0.4 is 4.90 Å². The smallest absolute Gasteiger partial charge is 0.0540 e. The molecule has 296 valence electrons. The van der Waals surface area contributed by atoms with Gasteiger partial charge in [-0.2, -0.15) is 0 Å². The highest BCUT2D eigenvalue weighted by molar-refractivity contribution is 6.12. The summed E-state index contributed by atoms with van der Waals surface area (Å²) in [7, 11) is 0. The third-order valence-electron chi connectivity index (χ3n) is 12.3. The van der Waals surface area contributed by atoms with E-state index in [1.54, 1.807) is 0 Å². The molecule has 11 rings (SSSR count). The lowest BCUT2D eigenvalue weighted by molar-refractivity contribution is 1.28. The predicted octanol–water partition coefficient (Wildman–Crippen LogP) is 17.5. The van der Waals surface area contributed by atoms with E-state index in [0.717, 1.165) is 33.8 Å². The van der Waals surface area contributed by atoms with Crippen molar-refractivity contribution in [3.8, 4) is 66.8 Å². The molecular weight excluding hydrogens is 759 g/mol. The van der Waals surface area contributed by atoms with E-state index in [2.05, 4.69) is 266 Å². The number of benzene rings is 11. The molecule has 11 aromatic rings. The molecule has 0 aromatic heterocycles. The number of hydrogen-bond donors (Lipinski definition) is 0. The Hall–Kier alpha value is -8.26. The van der Waals surface area contributed by atoms with Crippen molar-refractivity contribution in [2.75, 3.05) is 4.90 Å². The first-order chi connectivity index (χ1) is 31.2. The summed E-state index contributed by atoms with van der Waals surface area (Å²) in [6.07, 6.45) is 0. The standard InChI is InChI=1S/C62H43N/c1-4-16-44(17-5-1)45-30-32-50(33-31-45)58-26-12-13-29-62(58)63(53-38-34-49(35-39-53)56-27-15-28-59-55-25-11-10-22-48(55)36-41-60(56)59)54-24-14-23-51(42-54)52-37-40-57(46-18-6-2-7-19-46)61(43-52)47-20-8-3-9-21-47/h1-43H. The van der Waals surface area contributed by atoms with Gasteiger partial charge in [0.25, 0.3) is 0 Å². The summed E-state index contributed by atoms with van der Waals surface area (Å²) < 4.78 is 0. The van der Waals surface area contributed by atoms with Gasteiger partial charge in [-0.05, 0) is 119 Å². The zero-order valence-electron chi connectivity index (χ0n) is 34.8. The second-order valence-electron chi connectivity index (χ2n) is 16.1. The molecule has 63 heavy (non-hydrogen) atoms. The monoisotopic (exact) mass is 801 g/mol. The Kier molecular flexibility index (Phi) is 9.97. The quantitative estimate of drug-likeness (QED) is 0.131. The van der Waals surface area contributed by atoms with Gasteiger partial charge in [-0.3, -0.25) is 0 Å². The van der Waals surface area contributed by atoms with E-state index < -0.39 is 0 Å². The fourth-order valence-corrected chi connectivity index (χ4v) is 9.17. The highest BCUT2D eigenvalue weighted by atomic mass is 15.1. The molecule has 1 heteroatoms. The molecule has 0 amide bonds. The average Bonchev–Trinajstić information content (AvgIpc) is 3.37. The van der Waals surface area contributed by atoms with Crippen LogP contribution in [0.2, 0.25) is 0 Å². The van der Waals surface area contributed by atoms with Crippen LogP contribution in [0.25, 0.3) is 88.3 Å². The van der Waals surface area contributed by atoms with Crippen LogP contribution in [-0.4, -0.2) is 0 Å². The van der Waals surface area contributed by atoms with E-state index in [-0.39, 0.29) is 0 Å². The van der Waals surface area contributed by atoms with E-state index in [1.807, 2.05) is 0 Å². The van der Waals surface area contributed by atoms with E-state index in [4.69, 9.17) is 0 Å². The van der Waals surface area contributed by atoms with Crippen LogP contribution >= 0.6 is 0 Å². The van der Waals surface area contributed by atoms with Crippen molar-refractivity contribution in [3.63, 3.8) is 0 Å². The molecule has 1 nitrogen and oxygen atoms in total. The third kappa shape index (κ3) is 7.37. The SMILES string of the molecule is c1ccc(-c2ccc(-c3ccccc3N(c3ccc(-c4cccc5c4ccc4ccccc45)cc3)c3cccc(-c4ccc(-c5ccccc5)c(-c5ccccc5)c4)c3)cc2)cc1. The van der Waals surface area contributed by atoms with Gasteiger partial charge in [-0.25, -0.2) is 0 Å². The van der Waals surface area contributed by atoms with Crippen LogP contribution in [0.5, 0.6) is 0 Å². The molecule has 0 unspecified atom stereocenters. The maximum atomic E-state index is 2.42. The predicted molar refractivity (Wildman–Crippen MR) is 269 cm³/mol. The third-order valence-corrected chi connectivity index (χ3v) is 12.3. The Balaban J connectivity index is 1.04. The lowest BCUT2D eigenvalue weighted by Crippen LogP contribution is -2.11. The van der Waals surface area contributed by atoms with Gasteiger partial charge in [0, 0.05) is 16.9 Å². The fourth-order valence-electron chi connectivity index (χ4n) is 9.17. The van der Waals surface area contributed by atoms with Crippen molar-refractivity contribution in [1.82, 2.24) is 0 Å². The zero-order chi connectivity index (χ0) is 42.0. The van der Waals surface area contributed by atoms with Crippen molar-refractivity contribution >= 4 is 38.6 Å². The van der Waals surface area contributed by atoms with E-state index in [1.165, 1.54) is 71.6 Å². The Morgan fingerprint density at radius 3 is 1.46 bits per heavy atom. The van der Waals surface area contributed by atoms with Gasteiger partial charge in [0.05, 0.1) is 5.69 Å². The van der Waals surface area contributed by atoms with Crippen molar-refractivity contribution in [2.45, 2.75) is 0 Å².